The number of pyridine rings is 2. The normalized spacial score (nSPS) is 20.5. The number of rotatable bonds is 8. The van der Waals surface area contributed by atoms with Crippen molar-refractivity contribution in [3.05, 3.63) is 71.2 Å². The lowest BCUT2D eigenvalue weighted by Crippen LogP contribution is -2.20. The molecule has 2 aliphatic rings. The minimum atomic E-state index is -0.142. The molecule has 2 heterocycles. The molecule has 2 aromatic rings. The SMILES string of the molecule is CNCC1CCC(Nc2cc(-c3cccc(NCC4=CC=CCC(F)=C4)n3)c(Cl)cn2)C1. The van der Waals surface area contributed by atoms with Crippen molar-refractivity contribution in [3.63, 3.8) is 0 Å². The zero-order valence-corrected chi connectivity index (χ0v) is 19.0. The summed E-state index contributed by atoms with van der Waals surface area (Å²) < 4.78 is 13.7. The summed E-state index contributed by atoms with van der Waals surface area (Å²) in [6, 6.07) is 8.15. The second-order valence-corrected chi connectivity index (χ2v) is 8.76. The predicted molar refractivity (Wildman–Crippen MR) is 131 cm³/mol. The second kappa shape index (κ2) is 10.7. The lowest BCUT2D eigenvalue weighted by molar-refractivity contribution is 0.511. The number of nitrogens with zero attached hydrogens (tertiary/aromatic N) is 2. The Hall–Kier alpha value is -2.70. The van der Waals surface area contributed by atoms with Crippen LogP contribution in [0.1, 0.15) is 25.7 Å². The molecule has 168 valence electrons. The van der Waals surface area contributed by atoms with Crippen molar-refractivity contribution in [2.45, 2.75) is 31.7 Å². The van der Waals surface area contributed by atoms with Gasteiger partial charge in [0.15, 0.2) is 0 Å². The summed E-state index contributed by atoms with van der Waals surface area (Å²) in [7, 11) is 2.00. The van der Waals surface area contributed by atoms with E-state index in [-0.39, 0.29) is 5.83 Å². The molecule has 4 rings (SSSR count). The molecular formula is C25H29ClFN5. The number of nitrogens with one attached hydrogen (secondary N) is 3. The monoisotopic (exact) mass is 453 g/mol. The molecule has 2 aliphatic carbocycles. The molecule has 3 N–H and O–H groups in total. The van der Waals surface area contributed by atoms with Gasteiger partial charge in [-0.1, -0.05) is 35.9 Å². The minimum absolute atomic E-state index is 0.142. The van der Waals surface area contributed by atoms with Crippen molar-refractivity contribution in [1.82, 2.24) is 15.3 Å². The van der Waals surface area contributed by atoms with Gasteiger partial charge in [-0.2, -0.15) is 0 Å². The van der Waals surface area contributed by atoms with Gasteiger partial charge in [0.1, 0.15) is 17.5 Å². The van der Waals surface area contributed by atoms with Crippen molar-refractivity contribution < 1.29 is 4.39 Å². The van der Waals surface area contributed by atoms with Crippen LogP contribution in [-0.2, 0) is 0 Å². The average molecular weight is 454 g/mol. The molecule has 1 fully saturated rings. The number of allylic oxidation sites excluding steroid dienone is 4. The molecule has 0 spiro atoms. The first-order valence-corrected chi connectivity index (χ1v) is 11.5. The maximum absolute atomic E-state index is 13.7. The lowest BCUT2D eigenvalue weighted by Gasteiger charge is -2.15. The van der Waals surface area contributed by atoms with Gasteiger partial charge in [0.25, 0.3) is 0 Å². The van der Waals surface area contributed by atoms with E-state index < -0.39 is 0 Å². The molecule has 32 heavy (non-hydrogen) atoms. The predicted octanol–water partition coefficient (Wildman–Crippen LogP) is 5.75. The highest BCUT2D eigenvalue weighted by Crippen LogP contribution is 2.31. The lowest BCUT2D eigenvalue weighted by atomic mass is 10.1. The molecule has 7 heteroatoms. The molecule has 0 saturated heterocycles. The summed E-state index contributed by atoms with van der Waals surface area (Å²) in [6.07, 6.45) is 12.7. The number of hydrogen-bond donors (Lipinski definition) is 3. The number of hydrogen-bond acceptors (Lipinski definition) is 5. The van der Waals surface area contributed by atoms with Gasteiger partial charge in [0, 0.05) is 30.8 Å². The van der Waals surface area contributed by atoms with Gasteiger partial charge < -0.3 is 16.0 Å². The molecule has 2 unspecified atom stereocenters. The Morgan fingerprint density at radius 3 is 3.00 bits per heavy atom. The molecule has 2 atom stereocenters. The van der Waals surface area contributed by atoms with Crippen LogP contribution in [0.5, 0.6) is 0 Å². The largest absolute Gasteiger partial charge is 0.367 e. The van der Waals surface area contributed by atoms with Gasteiger partial charge in [-0.15, -0.1) is 0 Å². The molecule has 0 amide bonds. The van der Waals surface area contributed by atoms with E-state index in [1.807, 2.05) is 43.5 Å². The van der Waals surface area contributed by atoms with E-state index in [1.165, 1.54) is 6.42 Å². The maximum atomic E-state index is 13.7. The van der Waals surface area contributed by atoms with Crippen LogP contribution in [0, 0.1) is 5.92 Å². The van der Waals surface area contributed by atoms with E-state index in [1.54, 1.807) is 18.3 Å². The Morgan fingerprint density at radius 2 is 2.12 bits per heavy atom. The fourth-order valence-corrected chi connectivity index (χ4v) is 4.47. The molecule has 0 radical (unpaired) electrons. The van der Waals surface area contributed by atoms with Crippen LogP contribution >= 0.6 is 11.6 Å². The summed E-state index contributed by atoms with van der Waals surface area (Å²) in [5.74, 6) is 2.09. The molecule has 0 bridgehead atoms. The highest BCUT2D eigenvalue weighted by Gasteiger charge is 2.24. The maximum Gasteiger partial charge on any atom is 0.126 e. The van der Waals surface area contributed by atoms with E-state index in [0.717, 1.165) is 42.0 Å². The topological polar surface area (TPSA) is 61.9 Å². The molecule has 1 saturated carbocycles. The molecule has 2 aromatic heterocycles. The third kappa shape index (κ3) is 5.96. The van der Waals surface area contributed by atoms with E-state index in [0.29, 0.717) is 35.8 Å². The third-order valence-corrected chi connectivity index (χ3v) is 6.14. The van der Waals surface area contributed by atoms with Crippen molar-refractivity contribution >= 4 is 23.2 Å². The highest BCUT2D eigenvalue weighted by molar-refractivity contribution is 6.33. The molecule has 0 aliphatic heterocycles. The van der Waals surface area contributed by atoms with Gasteiger partial charge in [-0.05, 0) is 68.6 Å². The minimum Gasteiger partial charge on any atom is -0.367 e. The quantitative estimate of drug-likeness (QED) is 0.475. The first-order valence-electron chi connectivity index (χ1n) is 11.1. The van der Waals surface area contributed by atoms with Crippen molar-refractivity contribution in [3.8, 4) is 11.3 Å². The smallest absolute Gasteiger partial charge is 0.126 e. The second-order valence-electron chi connectivity index (χ2n) is 8.35. The zero-order valence-electron chi connectivity index (χ0n) is 18.2. The van der Waals surface area contributed by atoms with Crippen LogP contribution in [0.25, 0.3) is 11.3 Å². The van der Waals surface area contributed by atoms with Crippen LogP contribution in [0.3, 0.4) is 0 Å². The van der Waals surface area contributed by atoms with Gasteiger partial charge in [0.05, 0.1) is 10.7 Å². The van der Waals surface area contributed by atoms with Crippen LogP contribution < -0.4 is 16.0 Å². The fraction of sp³-hybridized carbons (Fsp3) is 0.360. The highest BCUT2D eigenvalue weighted by atomic mass is 35.5. The number of anilines is 2. The van der Waals surface area contributed by atoms with E-state index >= 15 is 0 Å². The van der Waals surface area contributed by atoms with Crippen LogP contribution in [0.2, 0.25) is 5.02 Å². The molecule has 0 aromatic carbocycles. The Balaban J connectivity index is 1.45. The van der Waals surface area contributed by atoms with Gasteiger partial charge in [-0.3, -0.25) is 0 Å². The third-order valence-electron chi connectivity index (χ3n) is 5.84. The standard InChI is InChI=1S/C25H29ClFN5/c1-28-14-18-9-10-20(12-18)31-25-13-21(22(26)16-30-25)23-7-4-8-24(32-23)29-15-17-5-2-3-6-19(27)11-17/h2-5,7-8,11,13,16,18,20,28H,6,9-10,12,14-15H2,1H3,(H,29,32)(H,30,31). The van der Waals surface area contributed by atoms with Crippen LogP contribution in [0.15, 0.2) is 66.2 Å². The fourth-order valence-electron chi connectivity index (χ4n) is 4.27. The Bertz CT molecular complexity index is 1030. The number of halogens is 2. The summed E-state index contributed by atoms with van der Waals surface area (Å²) in [5, 5.41) is 10.7. The van der Waals surface area contributed by atoms with E-state index in [4.69, 9.17) is 16.6 Å². The van der Waals surface area contributed by atoms with Crippen LogP contribution in [-0.4, -0.2) is 36.1 Å². The van der Waals surface area contributed by atoms with E-state index in [9.17, 15) is 4.39 Å². The van der Waals surface area contributed by atoms with E-state index in [2.05, 4.69) is 20.9 Å². The zero-order chi connectivity index (χ0) is 22.3. The molecular weight excluding hydrogens is 425 g/mol. The summed E-state index contributed by atoms with van der Waals surface area (Å²) in [4.78, 5) is 9.20. The Labute approximate surface area is 193 Å². The Kier molecular flexibility index (Phi) is 7.55. The summed E-state index contributed by atoms with van der Waals surface area (Å²) in [5.41, 5.74) is 2.46. The first kappa shape index (κ1) is 22.5. The van der Waals surface area contributed by atoms with Crippen molar-refractivity contribution in [1.29, 1.82) is 0 Å². The van der Waals surface area contributed by atoms with Gasteiger partial charge in [0.2, 0.25) is 0 Å². The van der Waals surface area contributed by atoms with Crippen molar-refractivity contribution in [2.75, 3.05) is 30.8 Å². The summed E-state index contributed by atoms with van der Waals surface area (Å²) >= 11 is 6.47. The average Bonchev–Trinajstić information content (AvgIpc) is 3.12. The summed E-state index contributed by atoms with van der Waals surface area (Å²) in [6.45, 7) is 1.54. The molecule has 5 nitrogen and oxygen atoms in total. The van der Waals surface area contributed by atoms with Crippen LogP contribution in [0.4, 0.5) is 16.0 Å². The van der Waals surface area contributed by atoms with Crippen molar-refractivity contribution in [2.24, 2.45) is 5.92 Å². The Morgan fingerprint density at radius 1 is 1.22 bits per heavy atom. The van der Waals surface area contributed by atoms with Gasteiger partial charge >= 0.3 is 0 Å². The van der Waals surface area contributed by atoms with Gasteiger partial charge in [-0.25, -0.2) is 14.4 Å². The number of aromatic nitrogens is 2. The first-order chi connectivity index (χ1) is 15.6.